The van der Waals surface area contributed by atoms with E-state index in [1.807, 2.05) is 0 Å². The van der Waals surface area contributed by atoms with E-state index in [0.29, 0.717) is 18.8 Å². The zero-order chi connectivity index (χ0) is 14.7. The Morgan fingerprint density at radius 2 is 2.05 bits per heavy atom. The molecule has 0 N–H and O–H groups in total. The summed E-state index contributed by atoms with van der Waals surface area (Å²) in [5, 5.41) is 0. The van der Waals surface area contributed by atoms with Crippen LogP contribution in [0.3, 0.4) is 0 Å². The van der Waals surface area contributed by atoms with E-state index < -0.39 is 16.1 Å². The maximum atomic E-state index is 12.6. The Hall–Kier alpha value is -1.90. The van der Waals surface area contributed by atoms with Gasteiger partial charge < -0.3 is 4.74 Å². The minimum atomic E-state index is -3.56. The second kappa shape index (κ2) is 5.84. The highest BCUT2D eigenvalue weighted by Crippen LogP contribution is 2.24. The van der Waals surface area contributed by atoms with Gasteiger partial charge in [-0.2, -0.15) is 4.31 Å². The highest BCUT2D eigenvalue weighted by molar-refractivity contribution is 7.89. The van der Waals surface area contributed by atoms with Crippen molar-refractivity contribution < 1.29 is 13.2 Å². The molecule has 0 radical (unpaired) electrons. The summed E-state index contributed by atoms with van der Waals surface area (Å²) in [7, 11) is -3.56. The normalized spacial score (nSPS) is 20.3. The third kappa shape index (κ3) is 2.92. The van der Waals surface area contributed by atoms with Gasteiger partial charge in [0.25, 0.3) is 0 Å². The van der Waals surface area contributed by atoms with Gasteiger partial charge >= 0.3 is 0 Å². The molecule has 1 atom stereocenters. The van der Waals surface area contributed by atoms with Crippen molar-refractivity contribution in [1.29, 1.82) is 0 Å². The molecule has 0 spiro atoms. The summed E-state index contributed by atoms with van der Waals surface area (Å²) in [6.45, 7) is 0.852. The molecule has 3 heterocycles. The Morgan fingerprint density at radius 1 is 1.19 bits per heavy atom. The van der Waals surface area contributed by atoms with Crippen molar-refractivity contribution in [3.05, 3.63) is 48.8 Å². The average molecular weight is 306 g/mol. The van der Waals surface area contributed by atoms with E-state index in [1.165, 1.54) is 16.6 Å². The molecule has 0 aliphatic carbocycles. The van der Waals surface area contributed by atoms with Crippen LogP contribution in [0.5, 0.6) is 0 Å². The second-order valence-corrected chi connectivity index (χ2v) is 6.48. The summed E-state index contributed by atoms with van der Waals surface area (Å²) in [6, 6.07) is 3.14. The Kier molecular flexibility index (Phi) is 3.91. The lowest BCUT2D eigenvalue weighted by Crippen LogP contribution is -2.42. The van der Waals surface area contributed by atoms with Gasteiger partial charge in [0.2, 0.25) is 10.0 Å². The summed E-state index contributed by atoms with van der Waals surface area (Å²) >= 11 is 0. The zero-order valence-corrected chi connectivity index (χ0v) is 12.0. The summed E-state index contributed by atoms with van der Waals surface area (Å²) < 4.78 is 32.1. The molecule has 21 heavy (non-hydrogen) atoms. The van der Waals surface area contributed by atoms with Gasteiger partial charge in [-0.05, 0) is 12.1 Å². The number of ether oxygens (including phenoxy) is 1. The third-order valence-electron chi connectivity index (χ3n) is 3.21. The first-order chi connectivity index (χ1) is 10.2. The van der Waals surface area contributed by atoms with Crippen LogP contribution in [0.1, 0.15) is 11.8 Å². The maximum Gasteiger partial charge on any atom is 0.244 e. The fourth-order valence-corrected chi connectivity index (χ4v) is 3.54. The van der Waals surface area contributed by atoms with Gasteiger partial charge in [-0.15, -0.1) is 0 Å². The quantitative estimate of drug-likeness (QED) is 0.827. The summed E-state index contributed by atoms with van der Waals surface area (Å²) in [4.78, 5) is 12.2. The molecule has 3 rings (SSSR count). The topological polar surface area (TPSA) is 85.3 Å². The van der Waals surface area contributed by atoms with Gasteiger partial charge in [0, 0.05) is 37.9 Å². The van der Waals surface area contributed by atoms with Crippen molar-refractivity contribution in [2.45, 2.75) is 11.0 Å². The lowest BCUT2D eigenvalue weighted by atomic mass is 10.2. The summed E-state index contributed by atoms with van der Waals surface area (Å²) in [6.07, 6.45) is 7.20. The number of sulfonamides is 1. The summed E-state index contributed by atoms with van der Waals surface area (Å²) in [5.41, 5.74) is 0.628. The van der Waals surface area contributed by atoms with E-state index in [1.54, 1.807) is 30.9 Å². The van der Waals surface area contributed by atoms with Gasteiger partial charge in [-0.1, -0.05) is 0 Å². The van der Waals surface area contributed by atoms with Crippen LogP contribution in [-0.4, -0.2) is 47.4 Å². The minimum absolute atomic E-state index is 0.185. The Morgan fingerprint density at radius 3 is 2.76 bits per heavy atom. The molecule has 1 fully saturated rings. The number of hydrogen-bond acceptors (Lipinski definition) is 6. The van der Waals surface area contributed by atoms with Crippen molar-refractivity contribution >= 4 is 10.0 Å². The average Bonchev–Trinajstić information content (AvgIpc) is 2.57. The van der Waals surface area contributed by atoms with E-state index in [9.17, 15) is 8.42 Å². The second-order valence-electron chi connectivity index (χ2n) is 4.54. The molecular weight excluding hydrogens is 292 g/mol. The number of rotatable bonds is 3. The fourth-order valence-electron chi connectivity index (χ4n) is 2.15. The van der Waals surface area contributed by atoms with Crippen LogP contribution in [-0.2, 0) is 14.8 Å². The van der Waals surface area contributed by atoms with Gasteiger partial charge in [-0.25, -0.2) is 8.42 Å². The molecule has 0 saturated carbocycles. The van der Waals surface area contributed by atoms with Crippen LogP contribution >= 0.6 is 0 Å². The van der Waals surface area contributed by atoms with E-state index in [0.717, 1.165) is 0 Å². The molecule has 0 bridgehead atoms. The molecular formula is C13H14N4O3S. The SMILES string of the molecule is O=S(=O)(c1cccnc1)N1CCO[C@H](c2cnccn2)C1. The van der Waals surface area contributed by atoms with Crippen LogP contribution in [0.15, 0.2) is 48.0 Å². The first-order valence-corrected chi connectivity index (χ1v) is 7.89. The van der Waals surface area contributed by atoms with E-state index in [-0.39, 0.29) is 11.4 Å². The maximum absolute atomic E-state index is 12.6. The molecule has 110 valence electrons. The lowest BCUT2D eigenvalue weighted by molar-refractivity contribution is -0.00515. The van der Waals surface area contributed by atoms with Crippen molar-refractivity contribution in [2.24, 2.45) is 0 Å². The van der Waals surface area contributed by atoms with E-state index in [2.05, 4.69) is 15.0 Å². The van der Waals surface area contributed by atoms with Crippen molar-refractivity contribution in [3.63, 3.8) is 0 Å². The molecule has 7 nitrogen and oxygen atoms in total. The number of pyridine rings is 1. The van der Waals surface area contributed by atoms with Crippen LogP contribution in [0.4, 0.5) is 0 Å². The van der Waals surface area contributed by atoms with Crippen LogP contribution in [0, 0.1) is 0 Å². The number of hydrogen-bond donors (Lipinski definition) is 0. The predicted molar refractivity (Wildman–Crippen MR) is 73.7 cm³/mol. The fraction of sp³-hybridized carbons (Fsp3) is 0.308. The van der Waals surface area contributed by atoms with Gasteiger partial charge in [0.1, 0.15) is 11.0 Å². The molecule has 0 aromatic carbocycles. The summed E-state index contributed by atoms with van der Waals surface area (Å²) in [5.74, 6) is 0. The van der Waals surface area contributed by atoms with Crippen molar-refractivity contribution in [3.8, 4) is 0 Å². The van der Waals surface area contributed by atoms with Gasteiger partial charge in [0.15, 0.2) is 0 Å². The molecule has 1 saturated heterocycles. The van der Waals surface area contributed by atoms with Crippen molar-refractivity contribution in [1.82, 2.24) is 19.3 Å². The smallest absolute Gasteiger partial charge is 0.244 e. The Balaban J connectivity index is 1.84. The van der Waals surface area contributed by atoms with Crippen LogP contribution < -0.4 is 0 Å². The zero-order valence-electron chi connectivity index (χ0n) is 11.2. The standard InChI is InChI=1S/C13H14N4O3S/c18-21(19,11-2-1-3-14-8-11)17-6-7-20-13(10-17)12-9-15-4-5-16-12/h1-5,8-9,13H,6-7,10H2/t13-/m0/s1. The Bertz CT molecular complexity index is 694. The van der Waals surface area contributed by atoms with Gasteiger partial charge in [-0.3, -0.25) is 15.0 Å². The number of morpholine rings is 1. The van der Waals surface area contributed by atoms with E-state index in [4.69, 9.17) is 4.74 Å². The first-order valence-electron chi connectivity index (χ1n) is 6.45. The lowest BCUT2D eigenvalue weighted by Gasteiger charge is -2.31. The molecule has 2 aromatic heterocycles. The van der Waals surface area contributed by atoms with Crippen LogP contribution in [0.2, 0.25) is 0 Å². The van der Waals surface area contributed by atoms with Gasteiger partial charge in [0.05, 0.1) is 18.5 Å². The highest BCUT2D eigenvalue weighted by Gasteiger charge is 2.32. The van der Waals surface area contributed by atoms with Crippen LogP contribution in [0.25, 0.3) is 0 Å². The highest BCUT2D eigenvalue weighted by atomic mass is 32.2. The first kappa shape index (κ1) is 14.1. The molecule has 1 aliphatic heterocycles. The predicted octanol–water partition coefficient (Wildman–Crippen LogP) is 0.634. The molecule has 0 unspecified atom stereocenters. The molecule has 2 aromatic rings. The number of nitrogens with zero attached hydrogens (tertiary/aromatic N) is 4. The Labute approximate surface area is 122 Å². The molecule has 1 aliphatic rings. The monoisotopic (exact) mass is 306 g/mol. The molecule has 8 heteroatoms. The molecule has 0 amide bonds. The third-order valence-corrected chi connectivity index (χ3v) is 5.06. The number of aromatic nitrogens is 3. The minimum Gasteiger partial charge on any atom is -0.369 e. The van der Waals surface area contributed by atoms with E-state index >= 15 is 0 Å². The van der Waals surface area contributed by atoms with Crippen molar-refractivity contribution in [2.75, 3.05) is 19.7 Å². The largest absolute Gasteiger partial charge is 0.369 e.